The number of rotatable bonds is 9. The molecule has 1 aliphatic heterocycles. The molecule has 4 rings (SSSR count). The van der Waals surface area contributed by atoms with Crippen LogP contribution in [0.3, 0.4) is 0 Å². The van der Waals surface area contributed by atoms with Crippen molar-refractivity contribution in [3.63, 3.8) is 0 Å². The second-order valence-corrected chi connectivity index (χ2v) is 8.27. The number of fused-ring (bicyclic) bond motifs is 1. The summed E-state index contributed by atoms with van der Waals surface area (Å²) < 4.78 is 11.8. The summed E-state index contributed by atoms with van der Waals surface area (Å²) in [7, 11) is 1.70. The van der Waals surface area contributed by atoms with E-state index in [1.165, 1.54) is 10.3 Å². The first-order valence-electron chi connectivity index (χ1n) is 11.4. The van der Waals surface area contributed by atoms with Crippen LogP contribution in [0, 0.1) is 0 Å². The first kappa shape index (κ1) is 22.1. The van der Waals surface area contributed by atoms with Crippen LogP contribution in [0.15, 0.2) is 62.5 Å². The molecule has 0 N–H and O–H groups in total. The molecule has 1 fully saturated rings. The van der Waals surface area contributed by atoms with E-state index in [0.29, 0.717) is 17.5 Å². The van der Waals surface area contributed by atoms with Gasteiger partial charge >= 0.3 is 5.76 Å². The van der Waals surface area contributed by atoms with Gasteiger partial charge in [0, 0.05) is 44.5 Å². The van der Waals surface area contributed by atoms with Crippen LogP contribution in [-0.4, -0.2) is 49.3 Å². The second kappa shape index (κ2) is 10.5. The average molecular weight is 438 g/mol. The summed E-state index contributed by atoms with van der Waals surface area (Å²) in [5.74, 6) is 0.330. The van der Waals surface area contributed by atoms with E-state index in [9.17, 15) is 9.59 Å². The van der Waals surface area contributed by atoms with Crippen molar-refractivity contribution in [2.45, 2.75) is 32.2 Å². The summed E-state index contributed by atoms with van der Waals surface area (Å²) >= 11 is 0. The summed E-state index contributed by atoms with van der Waals surface area (Å²) in [6.45, 7) is 5.66. The Balaban J connectivity index is 1.17. The van der Waals surface area contributed by atoms with Crippen molar-refractivity contribution in [1.29, 1.82) is 0 Å². The molecule has 170 valence electrons. The fraction of sp³-hybridized carbons (Fsp3) is 0.440. The Bertz CT molecular complexity index is 1150. The molecule has 0 spiro atoms. The molecule has 0 radical (unpaired) electrons. The van der Waals surface area contributed by atoms with Gasteiger partial charge in [0.05, 0.1) is 12.5 Å². The lowest BCUT2D eigenvalue weighted by Crippen LogP contribution is -2.46. The van der Waals surface area contributed by atoms with Crippen molar-refractivity contribution >= 4 is 16.7 Å². The van der Waals surface area contributed by atoms with Crippen molar-refractivity contribution in [1.82, 2.24) is 9.47 Å². The molecule has 0 saturated carbocycles. The maximum atomic E-state index is 12.5. The van der Waals surface area contributed by atoms with Crippen molar-refractivity contribution in [2.75, 3.05) is 44.7 Å². The highest BCUT2D eigenvalue weighted by molar-refractivity contribution is 5.74. The number of aromatic nitrogens is 1. The highest BCUT2D eigenvalue weighted by Crippen LogP contribution is 2.22. The first-order chi connectivity index (χ1) is 15.7. The first-order valence-corrected chi connectivity index (χ1v) is 11.4. The Morgan fingerprint density at radius 2 is 1.62 bits per heavy atom. The minimum atomic E-state index is -0.567. The van der Waals surface area contributed by atoms with Crippen LogP contribution in [-0.2, 0) is 6.54 Å². The van der Waals surface area contributed by atoms with E-state index in [1.807, 2.05) is 12.1 Å². The number of unbranched alkanes of at least 4 members (excludes halogenated alkanes) is 3. The largest absolute Gasteiger partial charge is 0.497 e. The van der Waals surface area contributed by atoms with Gasteiger partial charge in [0.25, 0.3) is 5.56 Å². The predicted molar refractivity (Wildman–Crippen MR) is 127 cm³/mol. The van der Waals surface area contributed by atoms with Crippen LogP contribution in [0.2, 0.25) is 0 Å². The van der Waals surface area contributed by atoms with E-state index >= 15 is 0 Å². The quantitative estimate of drug-likeness (QED) is 0.478. The smallest absolute Gasteiger partial charge is 0.422 e. The molecular weight excluding hydrogens is 406 g/mol. The Kier molecular flexibility index (Phi) is 7.27. The van der Waals surface area contributed by atoms with Gasteiger partial charge in [0.2, 0.25) is 0 Å². The van der Waals surface area contributed by atoms with Gasteiger partial charge in [-0.2, -0.15) is 0 Å². The van der Waals surface area contributed by atoms with E-state index in [-0.39, 0.29) is 5.56 Å². The molecule has 0 aliphatic carbocycles. The van der Waals surface area contributed by atoms with Crippen molar-refractivity contribution < 1.29 is 9.15 Å². The molecule has 7 heteroatoms. The summed E-state index contributed by atoms with van der Waals surface area (Å²) in [6.07, 6.45) is 4.00. The molecule has 0 atom stereocenters. The third kappa shape index (κ3) is 5.22. The Morgan fingerprint density at radius 3 is 2.41 bits per heavy atom. The number of methoxy groups -OCH3 is 1. The summed E-state index contributed by atoms with van der Waals surface area (Å²) in [6, 6.07) is 15.1. The lowest BCUT2D eigenvalue weighted by molar-refractivity contribution is 0.251. The van der Waals surface area contributed by atoms with Crippen LogP contribution >= 0.6 is 0 Å². The minimum absolute atomic E-state index is 0.259. The average Bonchev–Trinajstić information content (AvgIpc) is 2.83. The van der Waals surface area contributed by atoms with Gasteiger partial charge in [-0.3, -0.25) is 9.69 Å². The zero-order chi connectivity index (χ0) is 22.3. The molecule has 0 unspecified atom stereocenters. The molecule has 1 aromatic heterocycles. The lowest BCUT2D eigenvalue weighted by Gasteiger charge is -2.36. The molecule has 32 heavy (non-hydrogen) atoms. The van der Waals surface area contributed by atoms with Crippen LogP contribution in [0.4, 0.5) is 5.69 Å². The van der Waals surface area contributed by atoms with Gasteiger partial charge in [-0.1, -0.05) is 31.0 Å². The summed E-state index contributed by atoms with van der Waals surface area (Å²) in [4.78, 5) is 29.6. The fourth-order valence-electron chi connectivity index (χ4n) is 4.30. The Morgan fingerprint density at radius 1 is 0.875 bits per heavy atom. The number of para-hydroxylation sites is 1. The number of piperazine rings is 1. The van der Waals surface area contributed by atoms with E-state index < -0.39 is 5.76 Å². The van der Waals surface area contributed by atoms with E-state index in [4.69, 9.17) is 9.15 Å². The lowest BCUT2D eigenvalue weighted by atomic mass is 10.1. The van der Waals surface area contributed by atoms with Gasteiger partial charge in [-0.15, -0.1) is 0 Å². The molecular formula is C25H31N3O4. The Hall–Kier alpha value is -3.06. The molecule has 7 nitrogen and oxygen atoms in total. The molecule has 2 aromatic carbocycles. The number of ether oxygens (including phenoxy) is 1. The topological polar surface area (TPSA) is 67.9 Å². The number of nitrogens with zero attached hydrogens (tertiary/aromatic N) is 3. The predicted octanol–water partition coefficient (Wildman–Crippen LogP) is 3.35. The zero-order valence-electron chi connectivity index (χ0n) is 18.7. The maximum absolute atomic E-state index is 12.5. The zero-order valence-corrected chi connectivity index (χ0v) is 18.7. The second-order valence-electron chi connectivity index (χ2n) is 8.27. The third-order valence-electron chi connectivity index (χ3n) is 6.18. The molecule has 3 aromatic rings. The van der Waals surface area contributed by atoms with Gasteiger partial charge < -0.3 is 14.1 Å². The molecule has 1 aliphatic rings. The summed E-state index contributed by atoms with van der Waals surface area (Å²) in [5.41, 5.74) is 1.31. The van der Waals surface area contributed by atoms with Crippen LogP contribution in [0.1, 0.15) is 25.7 Å². The van der Waals surface area contributed by atoms with Crippen molar-refractivity contribution in [2.24, 2.45) is 0 Å². The van der Waals surface area contributed by atoms with E-state index in [2.05, 4.69) is 21.9 Å². The molecule has 1 saturated heterocycles. The van der Waals surface area contributed by atoms with Crippen LogP contribution in [0.25, 0.3) is 11.0 Å². The Labute approximate surface area is 187 Å². The number of benzene rings is 2. The van der Waals surface area contributed by atoms with Crippen LogP contribution < -0.4 is 21.0 Å². The SMILES string of the molecule is COc1cccc(N2CCN(CCCCCCn3c(=O)oc4ccccc4c3=O)CC2)c1. The van der Waals surface area contributed by atoms with Crippen molar-refractivity contribution in [3.05, 3.63) is 69.4 Å². The molecule has 0 bridgehead atoms. The molecule has 0 amide bonds. The maximum Gasteiger partial charge on any atom is 0.422 e. The highest BCUT2D eigenvalue weighted by atomic mass is 16.5. The monoisotopic (exact) mass is 437 g/mol. The van der Waals surface area contributed by atoms with E-state index in [1.54, 1.807) is 31.4 Å². The van der Waals surface area contributed by atoms with E-state index in [0.717, 1.165) is 64.2 Å². The van der Waals surface area contributed by atoms with Crippen LogP contribution in [0.5, 0.6) is 5.75 Å². The van der Waals surface area contributed by atoms with Gasteiger partial charge in [0.1, 0.15) is 11.3 Å². The van der Waals surface area contributed by atoms with Gasteiger partial charge in [-0.05, 0) is 43.7 Å². The normalized spacial score (nSPS) is 14.7. The number of hydrogen-bond donors (Lipinski definition) is 0. The van der Waals surface area contributed by atoms with Crippen molar-refractivity contribution in [3.8, 4) is 5.75 Å². The number of hydrogen-bond acceptors (Lipinski definition) is 6. The summed E-state index contributed by atoms with van der Waals surface area (Å²) in [5, 5.41) is 0.459. The highest BCUT2D eigenvalue weighted by Gasteiger charge is 2.17. The molecule has 2 heterocycles. The fourth-order valence-corrected chi connectivity index (χ4v) is 4.30. The van der Waals surface area contributed by atoms with Gasteiger partial charge in [-0.25, -0.2) is 9.36 Å². The van der Waals surface area contributed by atoms with Gasteiger partial charge in [0.15, 0.2) is 0 Å². The number of anilines is 1. The third-order valence-corrected chi connectivity index (χ3v) is 6.18. The standard InChI is InChI=1S/C25H31N3O4/c1-31-21-10-8-9-20(19-21)27-17-15-26(16-18-27)13-6-2-3-7-14-28-24(29)22-11-4-5-12-23(22)32-25(28)30/h4-5,8-12,19H,2-3,6-7,13-18H2,1H3. The minimum Gasteiger partial charge on any atom is -0.497 e.